The highest BCUT2D eigenvalue weighted by atomic mass is 15.1. The average Bonchev–Trinajstić information content (AvgIpc) is 3.17. The first kappa shape index (κ1) is 14.2. The Morgan fingerprint density at radius 2 is 2.00 bits per heavy atom. The van der Waals surface area contributed by atoms with Gasteiger partial charge in [0.2, 0.25) is 5.95 Å². The topological polar surface area (TPSA) is 84.3 Å². The van der Waals surface area contributed by atoms with Crippen LogP contribution in [0.3, 0.4) is 0 Å². The minimum atomic E-state index is 0.308. The maximum Gasteiger partial charge on any atom is 0.222 e. The van der Waals surface area contributed by atoms with Crippen LogP contribution in [0.1, 0.15) is 19.5 Å². The van der Waals surface area contributed by atoms with E-state index in [4.69, 9.17) is 0 Å². The van der Waals surface area contributed by atoms with Gasteiger partial charge in [0, 0.05) is 55.7 Å². The first-order chi connectivity index (χ1) is 10.7. The minimum absolute atomic E-state index is 0.308. The average molecular weight is 297 g/mol. The molecule has 0 fully saturated rings. The summed E-state index contributed by atoms with van der Waals surface area (Å²) in [7, 11) is 0. The molecule has 0 aliphatic heterocycles. The van der Waals surface area contributed by atoms with E-state index in [1.165, 1.54) is 0 Å². The van der Waals surface area contributed by atoms with Crippen LogP contribution in [0.15, 0.2) is 37.3 Å². The fourth-order valence-electron chi connectivity index (χ4n) is 2.19. The zero-order valence-electron chi connectivity index (χ0n) is 12.7. The van der Waals surface area contributed by atoms with E-state index >= 15 is 0 Å². The van der Waals surface area contributed by atoms with Crippen molar-refractivity contribution in [3.63, 3.8) is 0 Å². The molecule has 0 unspecified atom stereocenters. The third-order valence-electron chi connectivity index (χ3n) is 3.22. The molecule has 22 heavy (non-hydrogen) atoms. The monoisotopic (exact) mass is 297 g/mol. The van der Waals surface area contributed by atoms with Crippen molar-refractivity contribution in [2.75, 3.05) is 5.32 Å². The van der Waals surface area contributed by atoms with Crippen LogP contribution in [0.2, 0.25) is 0 Å². The van der Waals surface area contributed by atoms with Crippen LogP contribution in [0, 0.1) is 0 Å². The Bertz CT molecular complexity index is 698. The standard InChI is InChI=1S/C15H19N7/c1-11(2)21-15-18-7-12(8-19-15)14-17-4-6-22(14)5-3-13-9-16-10-20-13/h4,6-11H,3,5H2,1-2H3,(H,16,20)(H,18,19,21). The van der Waals surface area contributed by atoms with E-state index in [1.807, 2.05) is 12.4 Å². The number of nitrogens with zero attached hydrogens (tertiary/aromatic N) is 5. The number of imidazole rings is 2. The summed E-state index contributed by atoms with van der Waals surface area (Å²) in [5.41, 5.74) is 2.01. The number of anilines is 1. The van der Waals surface area contributed by atoms with Crippen LogP contribution in [0.4, 0.5) is 5.95 Å². The smallest absolute Gasteiger partial charge is 0.222 e. The largest absolute Gasteiger partial charge is 0.352 e. The molecule has 0 aromatic carbocycles. The third kappa shape index (κ3) is 3.30. The molecule has 0 aliphatic rings. The first-order valence-electron chi connectivity index (χ1n) is 7.29. The molecule has 0 bridgehead atoms. The highest BCUT2D eigenvalue weighted by Gasteiger charge is 2.08. The van der Waals surface area contributed by atoms with Gasteiger partial charge in [0.05, 0.1) is 11.9 Å². The lowest BCUT2D eigenvalue weighted by Gasteiger charge is -2.09. The molecular weight excluding hydrogens is 278 g/mol. The number of aryl methyl sites for hydroxylation is 2. The summed E-state index contributed by atoms with van der Waals surface area (Å²) >= 11 is 0. The van der Waals surface area contributed by atoms with E-state index in [9.17, 15) is 0 Å². The molecule has 0 atom stereocenters. The van der Waals surface area contributed by atoms with Crippen molar-refractivity contribution in [1.29, 1.82) is 0 Å². The molecule has 0 aliphatic carbocycles. The number of hydrogen-bond acceptors (Lipinski definition) is 5. The number of nitrogens with one attached hydrogen (secondary N) is 2. The Balaban J connectivity index is 1.73. The summed E-state index contributed by atoms with van der Waals surface area (Å²) < 4.78 is 2.09. The van der Waals surface area contributed by atoms with Crippen molar-refractivity contribution >= 4 is 5.95 Å². The summed E-state index contributed by atoms with van der Waals surface area (Å²) in [6, 6.07) is 0.308. The SMILES string of the molecule is CC(C)Nc1ncc(-c2nccn2CCc2cnc[nH]2)cn1. The van der Waals surface area contributed by atoms with Crippen molar-refractivity contribution in [3.05, 3.63) is 43.0 Å². The van der Waals surface area contributed by atoms with Crippen molar-refractivity contribution in [3.8, 4) is 11.4 Å². The number of rotatable bonds is 6. The molecule has 0 spiro atoms. The summed E-state index contributed by atoms with van der Waals surface area (Å²) in [4.78, 5) is 20.2. The molecule has 2 N–H and O–H groups in total. The van der Waals surface area contributed by atoms with E-state index in [1.54, 1.807) is 24.9 Å². The normalized spacial score (nSPS) is 11.0. The van der Waals surface area contributed by atoms with Gasteiger partial charge in [0.15, 0.2) is 0 Å². The first-order valence-corrected chi connectivity index (χ1v) is 7.29. The van der Waals surface area contributed by atoms with Crippen LogP contribution in [-0.2, 0) is 13.0 Å². The van der Waals surface area contributed by atoms with Crippen LogP contribution in [-0.4, -0.2) is 35.5 Å². The van der Waals surface area contributed by atoms with Crippen LogP contribution >= 0.6 is 0 Å². The molecule has 7 nitrogen and oxygen atoms in total. The molecule has 3 aromatic rings. The molecule has 3 rings (SSSR count). The van der Waals surface area contributed by atoms with E-state index in [-0.39, 0.29) is 0 Å². The Morgan fingerprint density at radius 1 is 1.18 bits per heavy atom. The van der Waals surface area contributed by atoms with Crippen molar-refractivity contribution in [2.24, 2.45) is 0 Å². The van der Waals surface area contributed by atoms with Gasteiger partial charge in [-0.15, -0.1) is 0 Å². The zero-order chi connectivity index (χ0) is 15.4. The van der Waals surface area contributed by atoms with E-state index < -0.39 is 0 Å². The quantitative estimate of drug-likeness (QED) is 0.728. The summed E-state index contributed by atoms with van der Waals surface area (Å²) in [5, 5.41) is 3.18. The van der Waals surface area contributed by atoms with Gasteiger partial charge in [0.1, 0.15) is 5.82 Å². The second kappa shape index (κ2) is 6.38. The van der Waals surface area contributed by atoms with E-state index in [0.29, 0.717) is 12.0 Å². The summed E-state index contributed by atoms with van der Waals surface area (Å²) in [5.74, 6) is 1.50. The minimum Gasteiger partial charge on any atom is -0.352 e. The van der Waals surface area contributed by atoms with Crippen molar-refractivity contribution in [1.82, 2.24) is 29.5 Å². The van der Waals surface area contributed by atoms with Gasteiger partial charge in [-0.05, 0) is 13.8 Å². The summed E-state index contributed by atoms with van der Waals surface area (Å²) in [6.45, 7) is 4.93. The molecule has 0 saturated carbocycles. The number of hydrogen-bond donors (Lipinski definition) is 2. The van der Waals surface area contributed by atoms with Crippen molar-refractivity contribution in [2.45, 2.75) is 32.9 Å². The number of aromatic nitrogens is 6. The predicted octanol–water partition coefficient (Wildman–Crippen LogP) is 2.13. The predicted molar refractivity (Wildman–Crippen MR) is 84.3 cm³/mol. The molecular formula is C15H19N7. The fraction of sp³-hybridized carbons (Fsp3) is 0.333. The lowest BCUT2D eigenvalue weighted by Crippen LogP contribution is -2.12. The van der Waals surface area contributed by atoms with Gasteiger partial charge in [0.25, 0.3) is 0 Å². The highest BCUT2D eigenvalue weighted by molar-refractivity contribution is 5.53. The molecule has 7 heteroatoms. The third-order valence-corrected chi connectivity index (χ3v) is 3.22. The maximum absolute atomic E-state index is 4.41. The highest BCUT2D eigenvalue weighted by Crippen LogP contribution is 2.17. The number of aromatic amines is 1. The second-order valence-corrected chi connectivity index (χ2v) is 5.37. The Kier molecular flexibility index (Phi) is 4.13. The molecule has 0 saturated heterocycles. The van der Waals surface area contributed by atoms with Gasteiger partial charge in [-0.2, -0.15) is 0 Å². The van der Waals surface area contributed by atoms with Crippen LogP contribution in [0.25, 0.3) is 11.4 Å². The van der Waals surface area contributed by atoms with Gasteiger partial charge in [-0.1, -0.05) is 0 Å². The Labute approximate surface area is 128 Å². The second-order valence-electron chi connectivity index (χ2n) is 5.37. The van der Waals surface area contributed by atoms with Gasteiger partial charge < -0.3 is 14.9 Å². The van der Waals surface area contributed by atoms with Gasteiger partial charge >= 0.3 is 0 Å². The van der Waals surface area contributed by atoms with E-state index in [2.05, 4.69) is 48.7 Å². The lowest BCUT2D eigenvalue weighted by molar-refractivity contribution is 0.693. The molecule has 3 heterocycles. The fourth-order valence-corrected chi connectivity index (χ4v) is 2.19. The van der Waals surface area contributed by atoms with Crippen LogP contribution < -0.4 is 5.32 Å². The van der Waals surface area contributed by atoms with E-state index in [0.717, 1.165) is 30.0 Å². The van der Waals surface area contributed by atoms with Crippen LogP contribution in [0.5, 0.6) is 0 Å². The zero-order valence-corrected chi connectivity index (χ0v) is 12.7. The Hall–Kier alpha value is -2.70. The maximum atomic E-state index is 4.41. The molecule has 0 radical (unpaired) electrons. The number of H-pyrrole nitrogens is 1. The van der Waals surface area contributed by atoms with Gasteiger partial charge in [-0.3, -0.25) is 0 Å². The summed E-state index contributed by atoms with van der Waals surface area (Å²) in [6.07, 6.45) is 11.8. The molecule has 3 aromatic heterocycles. The molecule has 114 valence electrons. The molecule has 0 amide bonds. The lowest BCUT2D eigenvalue weighted by atomic mass is 10.3. The Morgan fingerprint density at radius 3 is 2.68 bits per heavy atom. The van der Waals surface area contributed by atoms with Gasteiger partial charge in [-0.25, -0.2) is 19.9 Å². The van der Waals surface area contributed by atoms with Crippen molar-refractivity contribution < 1.29 is 0 Å².